The largest absolute Gasteiger partial charge is 0.480 e. The summed E-state index contributed by atoms with van der Waals surface area (Å²) in [5.74, 6) is 0.646. The molecule has 0 spiro atoms. The second-order valence-electron chi connectivity index (χ2n) is 4.10. The van der Waals surface area contributed by atoms with Crippen molar-refractivity contribution in [1.29, 1.82) is 0 Å². The van der Waals surface area contributed by atoms with Gasteiger partial charge in [0.1, 0.15) is 17.7 Å². The molecule has 16 heavy (non-hydrogen) atoms. The van der Waals surface area contributed by atoms with Crippen LogP contribution in [0.1, 0.15) is 24.4 Å². The van der Waals surface area contributed by atoms with Crippen molar-refractivity contribution in [3.05, 3.63) is 17.6 Å². The normalized spacial score (nSPS) is 20.1. The molecule has 1 aromatic heterocycles. The average Bonchev–Trinajstić information content (AvgIpc) is 2.63. The number of hydrogen-bond acceptors (Lipinski definition) is 4. The lowest BCUT2D eigenvalue weighted by molar-refractivity contribution is -0.138. The number of nitrogens with zero attached hydrogens (tertiary/aromatic N) is 3. The molecule has 2 heterocycles. The molecule has 1 aromatic rings. The van der Waals surface area contributed by atoms with E-state index in [2.05, 4.69) is 9.97 Å². The van der Waals surface area contributed by atoms with Gasteiger partial charge in [-0.1, -0.05) is 0 Å². The van der Waals surface area contributed by atoms with E-state index in [4.69, 9.17) is 5.11 Å². The Hall–Kier alpha value is -1.65. The van der Waals surface area contributed by atoms with Crippen LogP contribution in [0.4, 0.5) is 5.82 Å². The van der Waals surface area contributed by atoms with Crippen molar-refractivity contribution in [2.75, 3.05) is 11.4 Å². The van der Waals surface area contributed by atoms with Crippen molar-refractivity contribution in [3.8, 4) is 0 Å². The van der Waals surface area contributed by atoms with Crippen LogP contribution in [0, 0.1) is 13.8 Å². The summed E-state index contributed by atoms with van der Waals surface area (Å²) in [4.78, 5) is 21.4. The van der Waals surface area contributed by atoms with Gasteiger partial charge in [-0.2, -0.15) is 0 Å². The maximum Gasteiger partial charge on any atom is 0.326 e. The second kappa shape index (κ2) is 4.08. The number of aryl methyl sites for hydroxylation is 2. The summed E-state index contributed by atoms with van der Waals surface area (Å²) in [6.07, 6.45) is 1.59. The molecule has 2 rings (SSSR count). The van der Waals surface area contributed by atoms with Gasteiger partial charge >= 0.3 is 5.97 Å². The highest BCUT2D eigenvalue weighted by Crippen LogP contribution is 2.24. The van der Waals surface area contributed by atoms with Crippen molar-refractivity contribution >= 4 is 11.8 Å². The van der Waals surface area contributed by atoms with Crippen LogP contribution in [-0.2, 0) is 4.79 Å². The maximum atomic E-state index is 11.1. The van der Waals surface area contributed by atoms with Crippen molar-refractivity contribution in [2.45, 2.75) is 32.7 Å². The number of carbonyl (C=O) groups is 1. The quantitative estimate of drug-likeness (QED) is 0.811. The topological polar surface area (TPSA) is 66.3 Å². The summed E-state index contributed by atoms with van der Waals surface area (Å²) < 4.78 is 0. The molecule has 0 saturated carbocycles. The van der Waals surface area contributed by atoms with Crippen molar-refractivity contribution < 1.29 is 9.90 Å². The van der Waals surface area contributed by atoms with E-state index in [1.807, 2.05) is 24.8 Å². The zero-order chi connectivity index (χ0) is 11.7. The highest BCUT2D eigenvalue weighted by molar-refractivity contribution is 5.78. The molecule has 0 bridgehead atoms. The number of carboxylic acid groups (broad SMARTS) is 1. The molecular weight excluding hydrogens is 206 g/mol. The van der Waals surface area contributed by atoms with Crippen molar-refractivity contribution in [1.82, 2.24) is 9.97 Å². The number of anilines is 1. The summed E-state index contributed by atoms with van der Waals surface area (Å²) in [6.45, 7) is 4.47. The van der Waals surface area contributed by atoms with E-state index in [0.717, 1.165) is 24.5 Å². The van der Waals surface area contributed by atoms with Gasteiger partial charge in [0.25, 0.3) is 0 Å². The zero-order valence-corrected chi connectivity index (χ0v) is 9.47. The van der Waals surface area contributed by atoms with Crippen LogP contribution < -0.4 is 4.90 Å². The lowest BCUT2D eigenvalue weighted by Gasteiger charge is -2.22. The number of rotatable bonds is 2. The van der Waals surface area contributed by atoms with E-state index < -0.39 is 12.0 Å². The van der Waals surface area contributed by atoms with E-state index in [9.17, 15) is 4.79 Å². The number of hydrogen-bond donors (Lipinski definition) is 1. The molecule has 0 aliphatic carbocycles. The fourth-order valence-corrected chi connectivity index (χ4v) is 2.14. The lowest BCUT2D eigenvalue weighted by Crippen LogP contribution is -2.36. The van der Waals surface area contributed by atoms with Crippen LogP contribution >= 0.6 is 0 Å². The van der Waals surface area contributed by atoms with Gasteiger partial charge in [-0.15, -0.1) is 0 Å². The fraction of sp³-hybridized carbons (Fsp3) is 0.545. The SMILES string of the molecule is Cc1cc(N2CCCC2C(=O)O)nc(C)n1. The van der Waals surface area contributed by atoms with Gasteiger partial charge in [0.05, 0.1) is 0 Å². The maximum absolute atomic E-state index is 11.1. The van der Waals surface area contributed by atoms with Gasteiger partial charge in [0.15, 0.2) is 0 Å². The molecule has 1 saturated heterocycles. The third-order valence-corrected chi connectivity index (χ3v) is 2.78. The Morgan fingerprint density at radius 1 is 1.50 bits per heavy atom. The molecule has 1 atom stereocenters. The molecule has 86 valence electrons. The van der Waals surface area contributed by atoms with Crippen LogP contribution in [-0.4, -0.2) is 33.6 Å². The van der Waals surface area contributed by atoms with E-state index in [-0.39, 0.29) is 0 Å². The minimum absolute atomic E-state index is 0.436. The standard InChI is InChI=1S/C11H15N3O2/c1-7-6-10(13-8(2)12-7)14-5-3-4-9(14)11(15)16/h6,9H,3-5H2,1-2H3,(H,15,16). The molecule has 0 radical (unpaired) electrons. The first-order valence-electron chi connectivity index (χ1n) is 5.39. The molecule has 5 nitrogen and oxygen atoms in total. The van der Waals surface area contributed by atoms with Gasteiger partial charge in [-0.3, -0.25) is 0 Å². The molecule has 1 N–H and O–H groups in total. The van der Waals surface area contributed by atoms with Crippen LogP contribution in [0.15, 0.2) is 6.07 Å². The summed E-state index contributed by atoms with van der Waals surface area (Å²) in [5.41, 5.74) is 0.874. The lowest BCUT2D eigenvalue weighted by atomic mass is 10.2. The minimum Gasteiger partial charge on any atom is -0.480 e. The Morgan fingerprint density at radius 3 is 2.88 bits per heavy atom. The van der Waals surface area contributed by atoms with Gasteiger partial charge in [0, 0.05) is 18.3 Å². The molecule has 1 unspecified atom stereocenters. The highest BCUT2D eigenvalue weighted by atomic mass is 16.4. The number of carboxylic acids is 1. The predicted octanol–water partition coefficient (Wildman–Crippen LogP) is 1.15. The van der Waals surface area contributed by atoms with Crippen LogP contribution in [0.3, 0.4) is 0 Å². The summed E-state index contributed by atoms with van der Waals surface area (Å²) >= 11 is 0. The minimum atomic E-state index is -0.772. The first-order valence-corrected chi connectivity index (χ1v) is 5.39. The molecule has 1 fully saturated rings. The third kappa shape index (κ3) is 1.98. The van der Waals surface area contributed by atoms with Crippen LogP contribution in [0.25, 0.3) is 0 Å². The monoisotopic (exact) mass is 221 g/mol. The van der Waals surface area contributed by atoms with Gasteiger partial charge < -0.3 is 10.0 Å². The molecule has 1 aliphatic heterocycles. The molecule has 0 amide bonds. The Morgan fingerprint density at radius 2 is 2.25 bits per heavy atom. The first-order chi connectivity index (χ1) is 7.58. The summed E-state index contributed by atoms with van der Waals surface area (Å²) in [6, 6.07) is 1.41. The predicted molar refractivity (Wildman–Crippen MR) is 59.5 cm³/mol. The molecular formula is C11H15N3O2. The third-order valence-electron chi connectivity index (χ3n) is 2.78. The highest BCUT2D eigenvalue weighted by Gasteiger charge is 2.31. The molecule has 0 aromatic carbocycles. The number of aromatic nitrogens is 2. The smallest absolute Gasteiger partial charge is 0.326 e. The fourth-order valence-electron chi connectivity index (χ4n) is 2.14. The molecule has 1 aliphatic rings. The average molecular weight is 221 g/mol. The van der Waals surface area contributed by atoms with Crippen LogP contribution in [0.2, 0.25) is 0 Å². The van der Waals surface area contributed by atoms with E-state index in [1.54, 1.807) is 0 Å². The Kier molecular flexibility index (Phi) is 2.77. The number of aliphatic carboxylic acids is 1. The van der Waals surface area contributed by atoms with Crippen molar-refractivity contribution in [2.24, 2.45) is 0 Å². The van der Waals surface area contributed by atoms with E-state index in [0.29, 0.717) is 12.2 Å². The Labute approximate surface area is 94.1 Å². The second-order valence-corrected chi connectivity index (χ2v) is 4.10. The zero-order valence-electron chi connectivity index (χ0n) is 9.47. The van der Waals surface area contributed by atoms with Gasteiger partial charge in [-0.25, -0.2) is 14.8 Å². The first kappa shape index (κ1) is 10.9. The van der Waals surface area contributed by atoms with Crippen LogP contribution in [0.5, 0.6) is 0 Å². The van der Waals surface area contributed by atoms with Gasteiger partial charge in [-0.05, 0) is 26.7 Å². The Balaban J connectivity index is 2.32. The van der Waals surface area contributed by atoms with E-state index in [1.165, 1.54) is 0 Å². The molecule has 5 heteroatoms. The Bertz CT molecular complexity index is 399. The van der Waals surface area contributed by atoms with E-state index >= 15 is 0 Å². The van der Waals surface area contributed by atoms with Crippen molar-refractivity contribution in [3.63, 3.8) is 0 Å². The summed E-state index contributed by atoms with van der Waals surface area (Å²) in [7, 11) is 0. The summed E-state index contributed by atoms with van der Waals surface area (Å²) in [5, 5.41) is 9.10. The van der Waals surface area contributed by atoms with Gasteiger partial charge in [0.2, 0.25) is 0 Å².